The molecule has 0 bridgehead atoms. The average molecular weight is 291 g/mol. The topological polar surface area (TPSA) is 114 Å². The maximum Gasteiger partial charge on any atom is 0.182 e. The monoisotopic (exact) mass is 291 g/mol. The van der Waals surface area contributed by atoms with E-state index in [9.17, 15) is 8.42 Å². The van der Waals surface area contributed by atoms with E-state index in [1.807, 2.05) is 6.07 Å². The van der Waals surface area contributed by atoms with Gasteiger partial charge < -0.3 is 11.1 Å². The lowest BCUT2D eigenvalue weighted by Crippen LogP contribution is -2.06. The van der Waals surface area contributed by atoms with Gasteiger partial charge in [-0.3, -0.25) is 0 Å². The number of sulfone groups is 1. The zero-order valence-corrected chi connectivity index (χ0v) is 11.8. The molecule has 0 saturated carbocycles. The van der Waals surface area contributed by atoms with Crippen LogP contribution >= 0.6 is 0 Å². The lowest BCUT2D eigenvalue weighted by Gasteiger charge is -2.04. The molecule has 3 N–H and O–H groups in total. The third-order valence-corrected chi connectivity index (χ3v) is 3.85. The van der Waals surface area contributed by atoms with Crippen LogP contribution in [0.25, 0.3) is 5.69 Å². The summed E-state index contributed by atoms with van der Waals surface area (Å²) in [6, 6.07) is 8.59. The minimum Gasteiger partial charge on any atom is -0.382 e. The van der Waals surface area contributed by atoms with Gasteiger partial charge in [0.1, 0.15) is 5.82 Å². The Morgan fingerprint density at radius 1 is 1.45 bits per heavy atom. The smallest absolute Gasteiger partial charge is 0.182 e. The van der Waals surface area contributed by atoms with Crippen LogP contribution in [0.4, 0.5) is 11.6 Å². The molecule has 0 aliphatic rings. The van der Waals surface area contributed by atoms with Crippen molar-refractivity contribution in [3.05, 3.63) is 29.8 Å². The Morgan fingerprint density at radius 3 is 2.65 bits per heavy atom. The van der Waals surface area contributed by atoms with E-state index in [1.54, 1.807) is 31.3 Å². The van der Waals surface area contributed by atoms with Crippen LogP contribution in [0.5, 0.6) is 0 Å². The Labute approximate surface area is 116 Å². The number of rotatable bonds is 3. The number of nitrogen functional groups attached to an aromatic ring is 1. The molecule has 0 unspecified atom stereocenters. The molecule has 1 aromatic carbocycles. The summed E-state index contributed by atoms with van der Waals surface area (Å²) < 4.78 is 24.8. The number of hydrogen-bond donors (Lipinski definition) is 2. The second-order valence-electron chi connectivity index (χ2n) is 4.16. The van der Waals surface area contributed by atoms with Gasteiger partial charge in [0.2, 0.25) is 0 Å². The van der Waals surface area contributed by atoms with Crippen LogP contribution in [-0.2, 0) is 9.84 Å². The highest BCUT2D eigenvalue weighted by Crippen LogP contribution is 2.29. The summed E-state index contributed by atoms with van der Waals surface area (Å²) in [4.78, 5) is -0.0534. The van der Waals surface area contributed by atoms with Gasteiger partial charge >= 0.3 is 0 Å². The number of benzene rings is 1. The molecule has 1 aromatic heterocycles. The summed E-state index contributed by atoms with van der Waals surface area (Å²) in [7, 11) is -1.95. The molecule has 2 aromatic rings. The summed E-state index contributed by atoms with van der Waals surface area (Å²) in [6.45, 7) is 0. The largest absolute Gasteiger partial charge is 0.382 e. The van der Waals surface area contributed by atoms with Gasteiger partial charge in [-0.25, -0.2) is 13.1 Å². The van der Waals surface area contributed by atoms with Crippen LogP contribution in [0.2, 0.25) is 0 Å². The second-order valence-corrected chi connectivity index (χ2v) is 6.11. The van der Waals surface area contributed by atoms with Crippen molar-refractivity contribution >= 4 is 21.5 Å². The lowest BCUT2D eigenvalue weighted by molar-refractivity contribution is 0.602. The van der Waals surface area contributed by atoms with Crippen LogP contribution < -0.4 is 11.1 Å². The van der Waals surface area contributed by atoms with Crippen molar-refractivity contribution in [2.45, 2.75) is 4.90 Å². The minimum atomic E-state index is -3.51. The predicted octanol–water partition coefficient (Wildman–Crippen LogP) is 0.771. The van der Waals surface area contributed by atoms with Crippen LogP contribution in [0.15, 0.2) is 29.2 Å². The number of nitrogens with two attached hydrogens (primary N) is 1. The number of nitrogens with one attached hydrogen (secondary N) is 1. The molecular weight excluding hydrogens is 278 g/mol. The predicted molar refractivity (Wildman–Crippen MR) is 75.3 cm³/mol. The quantitative estimate of drug-likeness (QED) is 0.863. The Kier molecular flexibility index (Phi) is 3.38. The molecule has 0 amide bonds. The summed E-state index contributed by atoms with van der Waals surface area (Å²) >= 11 is 0. The highest BCUT2D eigenvalue weighted by atomic mass is 32.2. The Hall–Kier alpha value is -2.53. The normalized spacial score (nSPS) is 11.1. The Morgan fingerprint density at radius 2 is 2.15 bits per heavy atom. The molecule has 7 nitrogen and oxygen atoms in total. The second kappa shape index (κ2) is 4.86. The maximum atomic E-state index is 11.8. The molecule has 104 valence electrons. The fourth-order valence-electron chi connectivity index (χ4n) is 1.85. The molecule has 20 heavy (non-hydrogen) atoms. The van der Waals surface area contributed by atoms with Gasteiger partial charge in [-0.2, -0.15) is 5.26 Å². The summed E-state index contributed by atoms with van der Waals surface area (Å²) in [6.07, 6.45) is 1.07. The van der Waals surface area contributed by atoms with E-state index in [2.05, 4.69) is 10.4 Å². The van der Waals surface area contributed by atoms with Crippen LogP contribution in [0, 0.1) is 11.3 Å². The first-order chi connectivity index (χ1) is 9.38. The van der Waals surface area contributed by atoms with E-state index < -0.39 is 9.84 Å². The number of nitriles is 1. The van der Waals surface area contributed by atoms with Gasteiger partial charge in [-0.1, -0.05) is 6.07 Å². The van der Waals surface area contributed by atoms with E-state index in [-0.39, 0.29) is 16.5 Å². The van der Waals surface area contributed by atoms with E-state index >= 15 is 0 Å². The maximum absolute atomic E-state index is 11.8. The van der Waals surface area contributed by atoms with Crippen molar-refractivity contribution < 1.29 is 8.42 Å². The van der Waals surface area contributed by atoms with Gasteiger partial charge in [-0.05, 0) is 18.2 Å². The van der Waals surface area contributed by atoms with Crippen molar-refractivity contribution in [3.8, 4) is 11.8 Å². The van der Waals surface area contributed by atoms with Gasteiger partial charge in [0.15, 0.2) is 20.6 Å². The first-order valence-corrected chi connectivity index (χ1v) is 7.54. The average Bonchev–Trinajstić information content (AvgIpc) is 2.75. The lowest BCUT2D eigenvalue weighted by atomic mass is 10.2. The Balaban J connectivity index is 2.71. The van der Waals surface area contributed by atoms with Gasteiger partial charge in [-0.15, -0.1) is 5.10 Å². The van der Waals surface area contributed by atoms with Crippen molar-refractivity contribution in [1.29, 1.82) is 5.26 Å². The highest BCUT2D eigenvalue weighted by Gasteiger charge is 2.24. The van der Waals surface area contributed by atoms with Gasteiger partial charge in [0.05, 0.1) is 17.3 Å². The fourth-order valence-corrected chi connectivity index (χ4v) is 2.81. The highest BCUT2D eigenvalue weighted by molar-refractivity contribution is 7.91. The van der Waals surface area contributed by atoms with Crippen LogP contribution in [-0.4, -0.2) is 31.5 Å². The summed E-state index contributed by atoms with van der Waals surface area (Å²) in [5.74, 6) is 0.180. The number of nitrogens with zero attached hydrogens (tertiary/aromatic N) is 3. The van der Waals surface area contributed by atoms with Crippen LogP contribution in [0.1, 0.15) is 5.56 Å². The molecule has 0 atom stereocenters. The molecule has 0 aliphatic carbocycles. The first kappa shape index (κ1) is 13.9. The molecule has 0 spiro atoms. The SMILES string of the molecule is CNc1nn(-c2cccc(C#N)c2)c(N)c1S(C)(=O)=O. The van der Waals surface area contributed by atoms with E-state index in [0.29, 0.717) is 11.3 Å². The van der Waals surface area contributed by atoms with E-state index in [1.165, 1.54) is 4.68 Å². The number of aromatic nitrogens is 2. The molecule has 0 radical (unpaired) electrons. The van der Waals surface area contributed by atoms with Crippen LogP contribution in [0.3, 0.4) is 0 Å². The first-order valence-electron chi connectivity index (χ1n) is 5.65. The molecule has 0 aliphatic heterocycles. The summed E-state index contributed by atoms with van der Waals surface area (Å²) in [5, 5.41) is 15.7. The van der Waals surface area contributed by atoms with E-state index in [4.69, 9.17) is 11.0 Å². The molecular formula is C12H13N5O2S. The Bertz CT molecular complexity index is 802. The molecule has 1 heterocycles. The molecule has 2 rings (SSSR count). The summed E-state index contributed by atoms with van der Waals surface area (Å²) in [5.41, 5.74) is 6.84. The van der Waals surface area contributed by atoms with Crippen molar-refractivity contribution in [3.63, 3.8) is 0 Å². The van der Waals surface area contributed by atoms with Crippen molar-refractivity contribution in [1.82, 2.24) is 9.78 Å². The zero-order chi connectivity index (χ0) is 14.9. The van der Waals surface area contributed by atoms with Crippen molar-refractivity contribution in [2.75, 3.05) is 24.4 Å². The molecule has 0 saturated heterocycles. The fraction of sp³-hybridized carbons (Fsp3) is 0.167. The van der Waals surface area contributed by atoms with E-state index in [0.717, 1.165) is 6.26 Å². The van der Waals surface area contributed by atoms with Gasteiger partial charge in [0.25, 0.3) is 0 Å². The minimum absolute atomic E-state index is 0.00643. The number of anilines is 2. The van der Waals surface area contributed by atoms with Crippen molar-refractivity contribution in [2.24, 2.45) is 0 Å². The molecule has 0 fully saturated rings. The molecule has 8 heteroatoms. The third kappa shape index (κ3) is 2.31. The number of hydrogen-bond acceptors (Lipinski definition) is 6. The zero-order valence-electron chi connectivity index (χ0n) is 11.0. The standard InChI is InChI=1S/C12H13N5O2S/c1-15-12-10(20(2,18)19)11(14)17(16-12)9-5-3-4-8(6-9)7-13/h3-6H,14H2,1-2H3,(H,15,16). The third-order valence-electron chi connectivity index (χ3n) is 2.70. The van der Waals surface area contributed by atoms with Gasteiger partial charge in [0, 0.05) is 13.3 Å².